The van der Waals surface area contributed by atoms with Crippen LogP contribution in [0.4, 0.5) is 0 Å². The Morgan fingerprint density at radius 2 is 1.34 bits per heavy atom. The Hall–Kier alpha value is -2.73. The molecule has 0 amide bonds. The number of benzene rings is 3. The van der Waals surface area contributed by atoms with Crippen LogP contribution in [-0.2, 0) is 13.7 Å². The first-order valence-corrected chi connectivity index (χ1v) is 11.8. The van der Waals surface area contributed by atoms with Crippen LogP contribution in [0.2, 0.25) is 0 Å². The minimum absolute atomic E-state index is 0.0363. The second kappa shape index (κ2) is 7.59. The van der Waals surface area contributed by atoms with E-state index in [1.165, 1.54) is 0 Å². The van der Waals surface area contributed by atoms with E-state index in [1.54, 1.807) is 0 Å². The first-order valence-electron chi connectivity index (χ1n) is 9.99. The van der Waals surface area contributed by atoms with Gasteiger partial charge in [-0.15, -0.1) is 0 Å². The molecule has 0 bridgehead atoms. The summed E-state index contributed by atoms with van der Waals surface area (Å²) in [5.74, 6) is 0.0363. The number of hydrogen-bond donors (Lipinski definition) is 0. The molecular formula is C24H23NO3Si. The maximum absolute atomic E-state index is 6.78. The smallest absolute Gasteiger partial charge is 0.387 e. The number of rotatable bonds is 3. The van der Waals surface area contributed by atoms with Gasteiger partial charge in [-0.1, -0.05) is 96.2 Å². The van der Waals surface area contributed by atoms with Crippen molar-refractivity contribution in [1.82, 2.24) is 0 Å². The highest BCUT2D eigenvalue weighted by Gasteiger charge is 2.51. The zero-order chi connectivity index (χ0) is 19.7. The summed E-state index contributed by atoms with van der Waals surface area (Å²) < 4.78 is 13.5. The molecule has 2 heterocycles. The normalized spacial score (nSPS) is 25.4. The SMILES string of the molecule is C[C@H]1O[Si](c2ccccc2)(c2ccccc2)OC[C@H]2C1=NO[C@@H]2c1ccccc1. The highest BCUT2D eigenvalue weighted by molar-refractivity contribution is 6.92. The number of nitrogens with zero attached hydrogens (tertiary/aromatic N) is 1. The lowest BCUT2D eigenvalue weighted by Gasteiger charge is -2.31. The van der Waals surface area contributed by atoms with Gasteiger partial charge in [0.25, 0.3) is 0 Å². The zero-order valence-corrected chi connectivity index (χ0v) is 17.3. The average Bonchev–Trinajstić information content (AvgIpc) is 3.16. The van der Waals surface area contributed by atoms with E-state index in [1.807, 2.05) is 54.6 Å². The Labute approximate surface area is 172 Å². The van der Waals surface area contributed by atoms with Crippen LogP contribution in [0.1, 0.15) is 18.6 Å². The molecule has 1 saturated heterocycles. The van der Waals surface area contributed by atoms with E-state index in [2.05, 4.69) is 48.5 Å². The highest BCUT2D eigenvalue weighted by Crippen LogP contribution is 2.37. The van der Waals surface area contributed by atoms with Crippen molar-refractivity contribution in [3.8, 4) is 0 Å². The maximum atomic E-state index is 6.78. The van der Waals surface area contributed by atoms with Crippen LogP contribution in [0, 0.1) is 5.92 Å². The van der Waals surface area contributed by atoms with Crippen molar-refractivity contribution >= 4 is 24.6 Å². The van der Waals surface area contributed by atoms with E-state index in [0.717, 1.165) is 21.6 Å². The van der Waals surface area contributed by atoms with Crippen molar-refractivity contribution in [3.05, 3.63) is 96.6 Å². The second-order valence-electron chi connectivity index (χ2n) is 7.48. The molecule has 3 aromatic carbocycles. The van der Waals surface area contributed by atoms with E-state index >= 15 is 0 Å². The molecule has 0 unspecified atom stereocenters. The molecule has 0 N–H and O–H groups in total. The molecule has 1 fully saturated rings. The van der Waals surface area contributed by atoms with Gasteiger partial charge in [-0.2, -0.15) is 0 Å². The van der Waals surface area contributed by atoms with Crippen molar-refractivity contribution in [3.63, 3.8) is 0 Å². The van der Waals surface area contributed by atoms with Gasteiger partial charge in [0, 0.05) is 6.61 Å². The van der Waals surface area contributed by atoms with Gasteiger partial charge in [-0.25, -0.2) is 0 Å². The van der Waals surface area contributed by atoms with Gasteiger partial charge in [-0.05, 0) is 22.9 Å². The number of hydrogen-bond acceptors (Lipinski definition) is 4. The third-order valence-corrected chi connectivity index (χ3v) is 9.12. The fraction of sp³-hybridized carbons (Fsp3) is 0.208. The highest BCUT2D eigenvalue weighted by atomic mass is 28.4. The Kier molecular flexibility index (Phi) is 4.79. The molecule has 2 aliphatic rings. The predicted octanol–water partition coefficient (Wildman–Crippen LogP) is 3.42. The fourth-order valence-electron chi connectivity index (χ4n) is 4.23. The molecule has 5 heteroatoms. The van der Waals surface area contributed by atoms with Gasteiger partial charge in [-0.3, -0.25) is 0 Å². The summed E-state index contributed by atoms with van der Waals surface area (Å²) in [6.45, 7) is 2.57. The lowest BCUT2D eigenvalue weighted by atomic mass is 9.91. The maximum Gasteiger partial charge on any atom is 0.407 e. The average molecular weight is 402 g/mol. The Bertz CT molecular complexity index is 955. The molecule has 0 aromatic heterocycles. The molecule has 0 aliphatic carbocycles. The number of fused-ring (bicyclic) bond motifs is 1. The summed E-state index contributed by atoms with van der Waals surface area (Å²) in [6.07, 6.45) is -0.336. The van der Waals surface area contributed by atoms with Crippen LogP contribution in [0.3, 0.4) is 0 Å². The second-order valence-corrected chi connectivity index (χ2v) is 10.4. The first kappa shape index (κ1) is 18.3. The molecule has 0 saturated carbocycles. The van der Waals surface area contributed by atoms with Crippen LogP contribution in [0.25, 0.3) is 0 Å². The zero-order valence-electron chi connectivity index (χ0n) is 16.3. The fourth-order valence-corrected chi connectivity index (χ4v) is 7.54. The molecule has 0 radical (unpaired) electrons. The summed E-state index contributed by atoms with van der Waals surface area (Å²) in [5, 5.41) is 6.66. The van der Waals surface area contributed by atoms with E-state index in [9.17, 15) is 0 Å². The molecule has 4 nitrogen and oxygen atoms in total. The molecule has 5 rings (SSSR count). The van der Waals surface area contributed by atoms with E-state index < -0.39 is 8.56 Å². The number of oxime groups is 1. The van der Waals surface area contributed by atoms with Crippen LogP contribution < -0.4 is 10.4 Å². The van der Waals surface area contributed by atoms with Crippen LogP contribution in [0.5, 0.6) is 0 Å². The van der Waals surface area contributed by atoms with Crippen molar-refractivity contribution in [2.45, 2.75) is 19.1 Å². The quantitative estimate of drug-likeness (QED) is 0.632. The minimum atomic E-state index is -2.88. The third-order valence-electron chi connectivity index (χ3n) is 5.68. The summed E-state index contributed by atoms with van der Waals surface area (Å²) in [4.78, 5) is 5.83. The van der Waals surface area contributed by atoms with E-state index in [-0.39, 0.29) is 18.1 Å². The standard InChI is InChI=1S/C24H23NO3Si/c1-18-23-22(24(27-25-23)19-11-5-2-6-12-19)17-26-29(28-18,20-13-7-3-8-14-20)21-15-9-4-10-16-21/h2-16,18,22,24H,17H2,1H3/t18-,22+,24-/m1/s1. The van der Waals surface area contributed by atoms with Gasteiger partial charge in [0.1, 0.15) is 0 Å². The van der Waals surface area contributed by atoms with Gasteiger partial charge < -0.3 is 13.7 Å². The summed E-state index contributed by atoms with van der Waals surface area (Å²) in [5.41, 5.74) is 2.04. The van der Waals surface area contributed by atoms with Gasteiger partial charge in [0.2, 0.25) is 0 Å². The molecule has 146 valence electrons. The van der Waals surface area contributed by atoms with Crippen LogP contribution in [-0.4, -0.2) is 27.0 Å². The summed E-state index contributed by atoms with van der Waals surface area (Å²) >= 11 is 0. The summed E-state index contributed by atoms with van der Waals surface area (Å²) in [6, 6.07) is 30.9. The van der Waals surface area contributed by atoms with Crippen molar-refractivity contribution in [2.75, 3.05) is 6.61 Å². The molecule has 3 aromatic rings. The van der Waals surface area contributed by atoms with Gasteiger partial charge in [0.15, 0.2) is 6.10 Å². The van der Waals surface area contributed by atoms with Crippen LogP contribution in [0.15, 0.2) is 96.2 Å². The Balaban J connectivity index is 1.56. The first-order chi connectivity index (χ1) is 14.3. The van der Waals surface area contributed by atoms with E-state index in [4.69, 9.17) is 13.7 Å². The van der Waals surface area contributed by atoms with Crippen LogP contribution >= 0.6 is 0 Å². The topological polar surface area (TPSA) is 40.0 Å². The molecular weight excluding hydrogens is 378 g/mol. The lowest BCUT2D eigenvalue weighted by Crippen LogP contribution is -2.64. The monoisotopic (exact) mass is 401 g/mol. The molecule has 29 heavy (non-hydrogen) atoms. The van der Waals surface area contributed by atoms with Gasteiger partial charge in [0.05, 0.1) is 17.7 Å². The predicted molar refractivity (Wildman–Crippen MR) is 116 cm³/mol. The lowest BCUT2D eigenvalue weighted by molar-refractivity contribution is 0.0447. The Morgan fingerprint density at radius 1 is 0.793 bits per heavy atom. The van der Waals surface area contributed by atoms with Crippen molar-refractivity contribution in [2.24, 2.45) is 11.1 Å². The van der Waals surface area contributed by atoms with E-state index in [0.29, 0.717) is 6.61 Å². The van der Waals surface area contributed by atoms with Crippen molar-refractivity contribution < 1.29 is 13.7 Å². The Morgan fingerprint density at radius 3 is 1.93 bits per heavy atom. The molecule has 0 spiro atoms. The minimum Gasteiger partial charge on any atom is -0.387 e. The largest absolute Gasteiger partial charge is 0.407 e. The third kappa shape index (κ3) is 3.21. The summed E-state index contributed by atoms with van der Waals surface area (Å²) in [7, 11) is -2.88. The van der Waals surface area contributed by atoms with Crippen molar-refractivity contribution in [1.29, 1.82) is 0 Å². The molecule has 3 atom stereocenters. The molecule has 2 aliphatic heterocycles. The van der Waals surface area contributed by atoms with Gasteiger partial charge >= 0.3 is 8.56 Å².